The van der Waals surface area contributed by atoms with Crippen molar-refractivity contribution in [3.63, 3.8) is 0 Å². The van der Waals surface area contributed by atoms with Gasteiger partial charge in [0.15, 0.2) is 0 Å². The lowest BCUT2D eigenvalue weighted by Crippen LogP contribution is -2.42. The van der Waals surface area contributed by atoms with E-state index in [-0.39, 0.29) is 24.5 Å². The Morgan fingerprint density at radius 2 is 2.00 bits per heavy atom. The van der Waals surface area contributed by atoms with Crippen LogP contribution in [0, 0.1) is 6.92 Å². The Hall–Kier alpha value is -1.36. The SMILES string of the molecule is COC(=O)CN(C(=O)c1ccc(Br)cc1C)C1CCCC1. The van der Waals surface area contributed by atoms with Crippen LogP contribution in [-0.2, 0) is 9.53 Å². The summed E-state index contributed by atoms with van der Waals surface area (Å²) in [6.07, 6.45) is 4.13. The van der Waals surface area contributed by atoms with Gasteiger partial charge in [-0.3, -0.25) is 9.59 Å². The number of amides is 1. The van der Waals surface area contributed by atoms with E-state index >= 15 is 0 Å². The second kappa shape index (κ2) is 7.07. The van der Waals surface area contributed by atoms with Crippen LogP contribution in [0.5, 0.6) is 0 Å². The van der Waals surface area contributed by atoms with Gasteiger partial charge in [-0.25, -0.2) is 0 Å². The molecule has 2 rings (SSSR count). The van der Waals surface area contributed by atoms with Gasteiger partial charge in [-0.1, -0.05) is 28.8 Å². The van der Waals surface area contributed by atoms with Gasteiger partial charge in [0.2, 0.25) is 0 Å². The Morgan fingerprint density at radius 3 is 2.57 bits per heavy atom. The lowest BCUT2D eigenvalue weighted by Gasteiger charge is -2.28. The van der Waals surface area contributed by atoms with Crippen LogP contribution < -0.4 is 0 Å². The van der Waals surface area contributed by atoms with Crippen LogP contribution in [0.15, 0.2) is 22.7 Å². The molecule has 4 nitrogen and oxygen atoms in total. The smallest absolute Gasteiger partial charge is 0.325 e. The summed E-state index contributed by atoms with van der Waals surface area (Å²) in [7, 11) is 1.35. The van der Waals surface area contributed by atoms with E-state index in [9.17, 15) is 9.59 Å². The van der Waals surface area contributed by atoms with Crippen molar-refractivity contribution in [3.8, 4) is 0 Å². The summed E-state index contributed by atoms with van der Waals surface area (Å²) in [5.74, 6) is -0.456. The third kappa shape index (κ3) is 3.84. The van der Waals surface area contributed by atoms with Gasteiger partial charge in [0.1, 0.15) is 6.54 Å². The normalized spacial score (nSPS) is 15.0. The number of benzene rings is 1. The Labute approximate surface area is 133 Å². The van der Waals surface area contributed by atoms with Crippen LogP contribution in [0.4, 0.5) is 0 Å². The van der Waals surface area contributed by atoms with Crippen LogP contribution in [0.2, 0.25) is 0 Å². The Balaban J connectivity index is 2.26. The molecular weight excluding hydrogens is 334 g/mol. The molecule has 0 N–H and O–H groups in total. The van der Waals surface area contributed by atoms with Crippen LogP contribution in [0.25, 0.3) is 0 Å². The van der Waals surface area contributed by atoms with E-state index in [1.807, 2.05) is 19.1 Å². The van der Waals surface area contributed by atoms with Gasteiger partial charge in [-0.2, -0.15) is 0 Å². The predicted octanol–water partition coefficient (Wildman–Crippen LogP) is 3.32. The van der Waals surface area contributed by atoms with E-state index in [1.165, 1.54) is 7.11 Å². The number of hydrogen-bond donors (Lipinski definition) is 0. The Bertz CT molecular complexity index is 538. The highest BCUT2D eigenvalue weighted by Crippen LogP contribution is 2.26. The van der Waals surface area contributed by atoms with E-state index in [2.05, 4.69) is 15.9 Å². The van der Waals surface area contributed by atoms with Crippen molar-refractivity contribution in [3.05, 3.63) is 33.8 Å². The molecule has 114 valence electrons. The summed E-state index contributed by atoms with van der Waals surface area (Å²) in [5, 5.41) is 0. The minimum atomic E-state index is -0.370. The number of hydrogen-bond acceptors (Lipinski definition) is 3. The highest BCUT2D eigenvalue weighted by atomic mass is 79.9. The molecule has 1 aliphatic rings. The molecule has 0 heterocycles. The number of aryl methyl sites for hydroxylation is 1. The van der Waals surface area contributed by atoms with Crippen molar-refractivity contribution in [1.29, 1.82) is 0 Å². The van der Waals surface area contributed by atoms with Gasteiger partial charge in [-0.05, 0) is 43.5 Å². The average molecular weight is 354 g/mol. The number of ether oxygens (including phenoxy) is 1. The zero-order valence-corrected chi connectivity index (χ0v) is 14.0. The fourth-order valence-electron chi connectivity index (χ4n) is 2.81. The summed E-state index contributed by atoms with van der Waals surface area (Å²) in [5.41, 5.74) is 1.55. The van der Waals surface area contributed by atoms with Crippen molar-refractivity contribution in [2.24, 2.45) is 0 Å². The number of carbonyl (C=O) groups excluding carboxylic acids is 2. The quantitative estimate of drug-likeness (QED) is 0.780. The number of esters is 1. The van der Waals surface area contributed by atoms with E-state index in [0.29, 0.717) is 5.56 Å². The third-order valence-electron chi connectivity index (χ3n) is 3.97. The summed E-state index contributed by atoms with van der Waals surface area (Å²) in [6, 6.07) is 5.71. The molecule has 0 radical (unpaired) electrons. The monoisotopic (exact) mass is 353 g/mol. The molecule has 21 heavy (non-hydrogen) atoms. The average Bonchev–Trinajstić information content (AvgIpc) is 2.97. The number of methoxy groups -OCH3 is 1. The Morgan fingerprint density at radius 1 is 1.33 bits per heavy atom. The van der Waals surface area contributed by atoms with Crippen molar-refractivity contribution < 1.29 is 14.3 Å². The zero-order chi connectivity index (χ0) is 15.4. The molecule has 1 aliphatic carbocycles. The minimum Gasteiger partial charge on any atom is -0.468 e. The number of nitrogens with zero attached hydrogens (tertiary/aromatic N) is 1. The topological polar surface area (TPSA) is 46.6 Å². The highest BCUT2D eigenvalue weighted by molar-refractivity contribution is 9.10. The molecule has 0 atom stereocenters. The Kier molecular flexibility index (Phi) is 5.39. The van der Waals surface area contributed by atoms with Crippen LogP contribution in [0.3, 0.4) is 0 Å². The molecule has 1 amide bonds. The highest BCUT2D eigenvalue weighted by Gasteiger charge is 2.30. The lowest BCUT2D eigenvalue weighted by atomic mass is 10.1. The lowest BCUT2D eigenvalue weighted by molar-refractivity contribution is -0.141. The van der Waals surface area contributed by atoms with Gasteiger partial charge in [0.05, 0.1) is 7.11 Å². The van der Waals surface area contributed by atoms with E-state index in [4.69, 9.17) is 4.74 Å². The van der Waals surface area contributed by atoms with Crippen molar-refractivity contribution in [2.75, 3.05) is 13.7 Å². The first kappa shape index (κ1) is 16.0. The molecule has 1 aromatic rings. The van der Waals surface area contributed by atoms with Gasteiger partial charge in [0.25, 0.3) is 5.91 Å². The van der Waals surface area contributed by atoms with E-state index in [0.717, 1.165) is 35.7 Å². The minimum absolute atomic E-state index is 0.0233. The molecule has 0 aliphatic heterocycles. The summed E-state index contributed by atoms with van der Waals surface area (Å²) < 4.78 is 5.68. The van der Waals surface area contributed by atoms with Crippen LogP contribution in [0.1, 0.15) is 41.6 Å². The maximum absolute atomic E-state index is 12.8. The van der Waals surface area contributed by atoms with Crippen LogP contribution in [-0.4, -0.2) is 36.5 Å². The van der Waals surface area contributed by atoms with Gasteiger partial charge < -0.3 is 9.64 Å². The maximum Gasteiger partial charge on any atom is 0.325 e. The molecule has 0 saturated heterocycles. The molecule has 5 heteroatoms. The largest absolute Gasteiger partial charge is 0.468 e. The standard InChI is InChI=1S/C16H20BrNO3/c1-11-9-12(17)7-8-14(11)16(20)18(10-15(19)21-2)13-5-3-4-6-13/h7-9,13H,3-6,10H2,1-2H3. The van der Waals surface area contributed by atoms with Crippen molar-refractivity contribution in [2.45, 2.75) is 38.6 Å². The van der Waals surface area contributed by atoms with Gasteiger partial charge in [0, 0.05) is 16.1 Å². The van der Waals surface area contributed by atoms with Crippen LogP contribution >= 0.6 is 15.9 Å². The second-order valence-electron chi connectivity index (χ2n) is 5.41. The van der Waals surface area contributed by atoms with Crippen molar-refractivity contribution in [1.82, 2.24) is 4.90 Å². The number of rotatable bonds is 4. The maximum atomic E-state index is 12.8. The van der Waals surface area contributed by atoms with E-state index < -0.39 is 0 Å². The third-order valence-corrected chi connectivity index (χ3v) is 4.47. The summed E-state index contributed by atoms with van der Waals surface area (Å²) in [4.78, 5) is 26.1. The zero-order valence-electron chi connectivity index (χ0n) is 12.4. The molecule has 0 unspecified atom stereocenters. The fourth-order valence-corrected chi connectivity index (χ4v) is 3.28. The molecule has 0 aromatic heterocycles. The number of carbonyl (C=O) groups is 2. The molecule has 1 fully saturated rings. The summed E-state index contributed by atoms with van der Waals surface area (Å²) in [6.45, 7) is 1.93. The first-order chi connectivity index (χ1) is 10.0. The first-order valence-electron chi connectivity index (χ1n) is 7.17. The number of halogens is 1. The molecule has 1 saturated carbocycles. The molecule has 0 bridgehead atoms. The predicted molar refractivity (Wildman–Crippen MR) is 84.2 cm³/mol. The van der Waals surface area contributed by atoms with E-state index in [1.54, 1.807) is 11.0 Å². The van der Waals surface area contributed by atoms with Gasteiger partial charge in [-0.15, -0.1) is 0 Å². The first-order valence-corrected chi connectivity index (χ1v) is 7.96. The fraction of sp³-hybridized carbons (Fsp3) is 0.500. The second-order valence-corrected chi connectivity index (χ2v) is 6.32. The summed E-state index contributed by atoms with van der Waals surface area (Å²) >= 11 is 3.40. The van der Waals surface area contributed by atoms with Crippen molar-refractivity contribution >= 4 is 27.8 Å². The molecule has 1 aromatic carbocycles. The van der Waals surface area contributed by atoms with Gasteiger partial charge >= 0.3 is 5.97 Å². The molecule has 0 spiro atoms. The molecular formula is C16H20BrNO3.